The number of hydrogen-bond acceptors (Lipinski definition) is 5. The second-order valence-corrected chi connectivity index (χ2v) is 6.97. The fourth-order valence-corrected chi connectivity index (χ4v) is 3.19. The van der Waals surface area contributed by atoms with E-state index in [9.17, 15) is 13.2 Å². The van der Waals surface area contributed by atoms with Crippen LogP contribution in [-0.4, -0.2) is 70.6 Å². The average Bonchev–Trinajstić information content (AvgIpc) is 3.13. The summed E-state index contributed by atoms with van der Waals surface area (Å²) < 4.78 is 48.6. The van der Waals surface area contributed by atoms with Crippen LogP contribution in [0.15, 0.2) is 17.3 Å². The highest BCUT2D eigenvalue weighted by Crippen LogP contribution is 2.34. The molecule has 1 unspecified atom stereocenters. The molecule has 11 heteroatoms. The number of halogens is 4. The molecule has 0 saturated carbocycles. The van der Waals surface area contributed by atoms with Gasteiger partial charge in [-0.1, -0.05) is 11.6 Å². The standard InChI is InChI=1S/C18H27ClF3N5O2/c1-23-17(24-5-3-7-29-9-8-28-2)26-14-4-6-27(12-14)16-15(19)10-13(11-25-16)18(20,21)22/h10-11,14H,3-9,12H2,1-2H3,(H2,23,24,26). The normalized spacial score (nSPS) is 17.7. The summed E-state index contributed by atoms with van der Waals surface area (Å²) in [6.07, 6.45) is -2.03. The Morgan fingerprint density at radius 1 is 1.38 bits per heavy atom. The predicted molar refractivity (Wildman–Crippen MR) is 107 cm³/mol. The fourth-order valence-electron chi connectivity index (χ4n) is 2.90. The van der Waals surface area contributed by atoms with E-state index in [0.717, 1.165) is 25.1 Å². The SMILES string of the molecule is CN=C(NCCCOCCOC)NC1CCN(c2ncc(C(F)(F)F)cc2Cl)C1. The van der Waals surface area contributed by atoms with Gasteiger partial charge in [-0.25, -0.2) is 4.98 Å². The summed E-state index contributed by atoms with van der Waals surface area (Å²) in [6.45, 7) is 3.69. The number of guanidine groups is 1. The largest absolute Gasteiger partial charge is 0.417 e. The van der Waals surface area contributed by atoms with Crippen LogP contribution in [0.5, 0.6) is 0 Å². The summed E-state index contributed by atoms with van der Waals surface area (Å²) in [6, 6.07) is 0.999. The first-order chi connectivity index (χ1) is 13.8. The van der Waals surface area contributed by atoms with Gasteiger partial charge < -0.3 is 25.0 Å². The molecule has 2 heterocycles. The molecule has 1 aliphatic rings. The third-order valence-corrected chi connectivity index (χ3v) is 4.67. The van der Waals surface area contributed by atoms with Gasteiger partial charge in [0.15, 0.2) is 5.96 Å². The van der Waals surface area contributed by atoms with Gasteiger partial charge in [-0.3, -0.25) is 4.99 Å². The summed E-state index contributed by atoms with van der Waals surface area (Å²) >= 11 is 6.05. The Bertz CT molecular complexity index is 675. The number of aromatic nitrogens is 1. The minimum absolute atomic E-state index is 0.00328. The van der Waals surface area contributed by atoms with Crippen molar-refractivity contribution in [3.05, 3.63) is 22.8 Å². The summed E-state index contributed by atoms with van der Waals surface area (Å²) in [4.78, 5) is 10.0. The number of ether oxygens (including phenoxy) is 2. The molecule has 2 N–H and O–H groups in total. The van der Waals surface area contributed by atoms with Gasteiger partial charge in [-0.05, 0) is 18.9 Å². The topological polar surface area (TPSA) is 71.0 Å². The second kappa shape index (κ2) is 11.4. The van der Waals surface area contributed by atoms with Crippen molar-refractivity contribution < 1.29 is 22.6 Å². The Hall–Kier alpha value is -1.78. The van der Waals surface area contributed by atoms with Crippen LogP contribution in [0.1, 0.15) is 18.4 Å². The third kappa shape index (κ3) is 7.52. The molecule has 29 heavy (non-hydrogen) atoms. The van der Waals surface area contributed by atoms with Gasteiger partial charge in [-0.15, -0.1) is 0 Å². The molecule has 0 radical (unpaired) electrons. The molecule has 1 aromatic heterocycles. The minimum Gasteiger partial charge on any atom is -0.382 e. The molecule has 0 spiro atoms. The molecule has 1 saturated heterocycles. The van der Waals surface area contributed by atoms with Crippen molar-refractivity contribution in [3.8, 4) is 0 Å². The Labute approximate surface area is 173 Å². The predicted octanol–water partition coefficient (Wildman–Crippen LogP) is 2.55. The van der Waals surface area contributed by atoms with Gasteiger partial charge in [0.2, 0.25) is 0 Å². The number of rotatable bonds is 9. The van der Waals surface area contributed by atoms with Crippen LogP contribution in [0.2, 0.25) is 5.02 Å². The minimum atomic E-state index is -4.46. The van der Waals surface area contributed by atoms with E-state index in [1.54, 1.807) is 14.2 Å². The van der Waals surface area contributed by atoms with Crippen LogP contribution in [0.25, 0.3) is 0 Å². The first-order valence-electron chi connectivity index (χ1n) is 9.36. The smallest absolute Gasteiger partial charge is 0.382 e. The first kappa shape index (κ1) is 23.5. The second-order valence-electron chi connectivity index (χ2n) is 6.56. The number of methoxy groups -OCH3 is 1. The number of hydrogen-bond donors (Lipinski definition) is 2. The molecule has 7 nitrogen and oxygen atoms in total. The molecule has 0 amide bonds. The Balaban J connectivity index is 1.78. The lowest BCUT2D eigenvalue weighted by Gasteiger charge is -2.21. The average molecular weight is 438 g/mol. The molecule has 1 aliphatic heterocycles. The highest BCUT2D eigenvalue weighted by Gasteiger charge is 2.33. The fraction of sp³-hybridized carbons (Fsp3) is 0.667. The lowest BCUT2D eigenvalue weighted by atomic mass is 10.2. The molecular formula is C18H27ClF3N5O2. The Morgan fingerprint density at radius 2 is 2.17 bits per heavy atom. The van der Waals surface area contributed by atoms with Crippen molar-refractivity contribution in [1.82, 2.24) is 15.6 Å². The van der Waals surface area contributed by atoms with E-state index in [2.05, 4.69) is 20.6 Å². The highest BCUT2D eigenvalue weighted by atomic mass is 35.5. The molecule has 1 aromatic rings. The van der Waals surface area contributed by atoms with Crippen LogP contribution in [0, 0.1) is 0 Å². The van der Waals surface area contributed by atoms with E-state index in [4.69, 9.17) is 21.1 Å². The maximum Gasteiger partial charge on any atom is 0.417 e. The number of pyridine rings is 1. The van der Waals surface area contributed by atoms with Crippen molar-refractivity contribution in [2.75, 3.05) is 58.5 Å². The van der Waals surface area contributed by atoms with E-state index in [-0.39, 0.29) is 11.1 Å². The zero-order valence-electron chi connectivity index (χ0n) is 16.6. The van der Waals surface area contributed by atoms with E-state index >= 15 is 0 Å². The van der Waals surface area contributed by atoms with Crippen LogP contribution in [0.3, 0.4) is 0 Å². The van der Waals surface area contributed by atoms with Crippen LogP contribution in [0.4, 0.5) is 19.0 Å². The molecule has 0 aliphatic carbocycles. The zero-order valence-corrected chi connectivity index (χ0v) is 17.3. The number of nitrogens with zero attached hydrogens (tertiary/aromatic N) is 3. The Kier molecular flexibility index (Phi) is 9.25. The number of alkyl halides is 3. The molecule has 1 atom stereocenters. The van der Waals surface area contributed by atoms with Gasteiger partial charge in [0.05, 0.1) is 23.8 Å². The van der Waals surface area contributed by atoms with Crippen LogP contribution >= 0.6 is 11.6 Å². The number of nitrogens with one attached hydrogen (secondary N) is 2. The van der Waals surface area contributed by atoms with Crippen molar-refractivity contribution in [2.45, 2.75) is 25.1 Å². The summed E-state index contributed by atoms with van der Waals surface area (Å²) in [5.41, 5.74) is -0.851. The van der Waals surface area contributed by atoms with Crippen molar-refractivity contribution in [3.63, 3.8) is 0 Å². The van der Waals surface area contributed by atoms with E-state index in [0.29, 0.717) is 51.2 Å². The Morgan fingerprint density at radius 3 is 2.83 bits per heavy atom. The van der Waals surface area contributed by atoms with Crippen LogP contribution < -0.4 is 15.5 Å². The van der Waals surface area contributed by atoms with Crippen molar-refractivity contribution in [2.24, 2.45) is 4.99 Å². The molecular weight excluding hydrogens is 411 g/mol. The van der Waals surface area contributed by atoms with Crippen LogP contribution in [-0.2, 0) is 15.7 Å². The molecule has 164 valence electrons. The van der Waals surface area contributed by atoms with Crippen molar-refractivity contribution in [1.29, 1.82) is 0 Å². The lowest BCUT2D eigenvalue weighted by molar-refractivity contribution is -0.137. The summed E-state index contributed by atoms with van der Waals surface area (Å²) in [5.74, 6) is 1.03. The maximum absolute atomic E-state index is 12.8. The lowest BCUT2D eigenvalue weighted by Crippen LogP contribution is -2.45. The first-order valence-corrected chi connectivity index (χ1v) is 9.74. The third-order valence-electron chi connectivity index (χ3n) is 4.39. The number of aliphatic imine (C=N–C) groups is 1. The monoisotopic (exact) mass is 437 g/mol. The van der Waals surface area contributed by atoms with Gasteiger partial charge in [0.1, 0.15) is 5.82 Å². The van der Waals surface area contributed by atoms with Gasteiger partial charge >= 0.3 is 6.18 Å². The molecule has 2 rings (SSSR count). The molecule has 0 aromatic carbocycles. The van der Waals surface area contributed by atoms with E-state index < -0.39 is 11.7 Å². The quantitative estimate of drug-likeness (QED) is 0.351. The molecule has 1 fully saturated rings. The van der Waals surface area contributed by atoms with Gasteiger partial charge in [0, 0.05) is 52.6 Å². The number of anilines is 1. The summed E-state index contributed by atoms with van der Waals surface area (Å²) in [7, 11) is 3.32. The van der Waals surface area contributed by atoms with Gasteiger partial charge in [0.25, 0.3) is 0 Å². The molecule has 0 bridgehead atoms. The summed E-state index contributed by atoms with van der Waals surface area (Å²) in [5, 5.41) is 6.53. The zero-order chi connectivity index (χ0) is 21.3. The van der Waals surface area contributed by atoms with Gasteiger partial charge in [-0.2, -0.15) is 13.2 Å². The van der Waals surface area contributed by atoms with E-state index in [1.807, 2.05) is 4.90 Å². The maximum atomic E-state index is 12.8. The van der Waals surface area contributed by atoms with E-state index in [1.165, 1.54) is 0 Å². The van der Waals surface area contributed by atoms with Crippen molar-refractivity contribution >= 4 is 23.4 Å². The highest BCUT2D eigenvalue weighted by molar-refractivity contribution is 6.33.